The Morgan fingerprint density at radius 2 is 1.83 bits per heavy atom. The zero-order valence-electron chi connectivity index (χ0n) is 14.0. The molecule has 6 nitrogen and oxygen atoms in total. The molecule has 0 heterocycles. The predicted molar refractivity (Wildman–Crippen MR) is 92.1 cm³/mol. The summed E-state index contributed by atoms with van der Waals surface area (Å²) in [6, 6.07) is 4.60. The van der Waals surface area contributed by atoms with E-state index in [0.29, 0.717) is 10.9 Å². The minimum atomic E-state index is -0.635. The van der Waals surface area contributed by atoms with Gasteiger partial charge in [-0.15, -0.1) is 0 Å². The molecule has 24 heavy (non-hydrogen) atoms. The van der Waals surface area contributed by atoms with Gasteiger partial charge in [-0.05, 0) is 39.8 Å². The highest BCUT2D eigenvalue weighted by Gasteiger charge is 2.17. The molecule has 0 unspecified atom stereocenters. The van der Waals surface area contributed by atoms with E-state index in [9.17, 15) is 20.1 Å². The third-order valence-corrected chi connectivity index (χ3v) is 3.40. The highest BCUT2D eigenvalue weighted by atomic mass is 16.6. The summed E-state index contributed by atoms with van der Waals surface area (Å²) in [5, 5.41) is 33.6. The highest BCUT2D eigenvalue weighted by Crippen LogP contribution is 2.43. The van der Waals surface area contributed by atoms with E-state index in [1.807, 2.05) is 0 Å². The molecule has 6 heteroatoms. The number of carbonyl (C=O) groups is 1. The van der Waals surface area contributed by atoms with Crippen LogP contribution in [0.1, 0.15) is 31.9 Å². The van der Waals surface area contributed by atoms with Crippen LogP contribution in [0.15, 0.2) is 24.4 Å². The lowest BCUT2D eigenvalue weighted by atomic mass is 9.98. The maximum atomic E-state index is 11.6. The van der Waals surface area contributed by atoms with Crippen molar-refractivity contribution < 1.29 is 24.9 Å². The van der Waals surface area contributed by atoms with Gasteiger partial charge < -0.3 is 20.1 Å². The van der Waals surface area contributed by atoms with Gasteiger partial charge in [-0.25, -0.2) is 4.79 Å². The molecule has 0 saturated carbocycles. The lowest BCUT2D eigenvalue weighted by molar-refractivity contribution is 0.0553. The maximum Gasteiger partial charge on any atom is 0.411 e. The summed E-state index contributed by atoms with van der Waals surface area (Å²) < 4.78 is 5.10. The number of hydrogen-bond donors (Lipinski definition) is 4. The van der Waals surface area contributed by atoms with Crippen molar-refractivity contribution in [3.63, 3.8) is 0 Å². The van der Waals surface area contributed by atoms with Gasteiger partial charge in [0.15, 0.2) is 0 Å². The monoisotopic (exact) mass is 331 g/mol. The van der Waals surface area contributed by atoms with E-state index in [4.69, 9.17) is 4.74 Å². The number of rotatable bonds is 2. The SMILES string of the molecule is Cc1c(C=CNC(=O)OC(C)(C)C)c(O)c2c(O)cccc2c1O. The first-order chi connectivity index (χ1) is 11.1. The number of carbonyl (C=O) groups excluding carboxylic acids is 1. The number of benzene rings is 2. The van der Waals surface area contributed by atoms with E-state index in [1.165, 1.54) is 18.3 Å². The van der Waals surface area contributed by atoms with Crippen molar-refractivity contribution in [2.75, 3.05) is 0 Å². The molecule has 0 spiro atoms. The molecule has 0 saturated heterocycles. The first-order valence-corrected chi connectivity index (χ1v) is 7.44. The van der Waals surface area contributed by atoms with Crippen LogP contribution in [-0.2, 0) is 4.74 Å². The number of phenols is 3. The molecule has 0 bridgehead atoms. The van der Waals surface area contributed by atoms with Crippen LogP contribution in [0.3, 0.4) is 0 Å². The largest absolute Gasteiger partial charge is 0.507 e. The van der Waals surface area contributed by atoms with Crippen molar-refractivity contribution in [2.45, 2.75) is 33.3 Å². The molecule has 0 aliphatic carbocycles. The fraction of sp³-hybridized carbons (Fsp3) is 0.278. The zero-order chi connectivity index (χ0) is 18.1. The van der Waals surface area contributed by atoms with Gasteiger partial charge in [0.05, 0.1) is 5.39 Å². The number of phenolic OH excluding ortho intramolecular Hbond substituents is 3. The second-order valence-corrected chi connectivity index (χ2v) is 6.42. The molecule has 4 N–H and O–H groups in total. The third-order valence-electron chi connectivity index (χ3n) is 3.40. The Bertz CT molecular complexity index is 818. The average Bonchev–Trinajstić information content (AvgIpc) is 2.46. The molecule has 0 atom stereocenters. The number of alkyl carbamates (subject to hydrolysis) is 1. The fourth-order valence-corrected chi connectivity index (χ4v) is 2.33. The number of nitrogens with one attached hydrogen (secondary N) is 1. The molecule has 0 aromatic heterocycles. The van der Waals surface area contributed by atoms with Gasteiger partial charge in [-0.3, -0.25) is 5.32 Å². The Kier molecular flexibility index (Phi) is 4.59. The van der Waals surface area contributed by atoms with Gasteiger partial charge in [0.1, 0.15) is 22.8 Å². The van der Waals surface area contributed by atoms with Crippen molar-refractivity contribution in [1.82, 2.24) is 5.32 Å². The second-order valence-electron chi connectivity index (χ2n) is 6.42. The normalized spacial score (nSPS) is 11.8. The second kappa shape index (κ2) is 6.31. The van der Waals surface area contributed by atoms with Gasteiger partial charge in [0.25, 0.3) is 0 Å². The minimum absolute atomic E-state index is 0.0457. The first kappa shape index (κ1) is 17.5. The summed E-state index contributed by atoms with van der Waals surface area (Å²) in [5.41, 5.74) is 0.0913. The lowest BCUT2D eigenvalue weighted by Gasteiger charge is -2.18. The van der Waals surface area contributed by atoms with E-state index in [-0.39, 0.29) is 28.2 Å². The molecule has 2 aromatic carbocycles. The number of aromatic hydroxyl groups is 3. The maximum absolute atomic E-state index is 11.6. The van der Waals surface area contributed by atoms with Crippen LogP contribution in [0.2, 0.25) is 0 Å². The van der Waals surface area contributed by atoms with Crippen LogP contribution in [-0.4, -0.2) is 27.0 Å². The number of hydrogen-bond acceptors (Lipinski definition) is 5. The molecular formula is C18H21NO5. The van der Waals surface area contributed by atoms with Crippen molar-refractivity contribution in [1.29, 1.82) is 0 Å². The van der Waals surface area contributed by atoms with Gasteiger partial charge in [0.2, 0.25) is 0 Å². The molecule has 0 aliphatic rings. The van der Waals surface area contributed by atoms with Gasteiger partial charge >= 0.3 is 6.09 Å². The Hall–Kier alpha value is -2.89. The standard InChI is InChI=1S/C18H21NO5/c1-10-11(8-9-19-17(23)24-18(2,3)4)16(22)14-12(15(10)21)6-5-7-13(14)20/h5-9,20-22H,1-4H3,(H,19,23). The minimum Gasteiger partial charge on any atom is -0.507 e. The lowest BCUT2D eigenvalue weighted by Crippen LogP contribution is -2.29. The Morgan fingerprint density at radius 1 is 1.17 bits per heavy atom. The predicted octanol–water partition coefficient (Wildman–Crippen LogP) is 3.76. The van der Waals surface area contributed by atoms with Gasteiger partial charge in [0, 0.05) is 22.7 Å². The van der Waals surface area contributed by atoms with Crippen LogP contribution in [0, 0.1) is 6.92 Å². The highest BCUT2D eigenvalue weighted by molar-refractivity contribution is 6.01. The molecule has 2 rings (SSSR count). The van der Waals surface area contributed by atoms with Crippen LogP contribution in [0.4, 0.5) is 4.79 Å². The third kappa shape index (κ3) is 3.53. The zero-order valence-corrected chi connectivity index (χ0v) is 14.0. The molecular weight excluding hydrogens is 310 g/mol. The summed E-state index contributed by atoms with van der Waals surface area (Å²) in [5.74, 6) is -0.369. The molecule has 0 fully saturated rings. The van der Waals surface area contributed by atoms with E-state index >= 15 is 0 Å². The molecule has 128 valence electrons. The molecule has 1 amide bonds. The Balaban J connectivity index is 2.38. The van der Waals surface area contributed by atoms with E-state index in [2.05, 4.69) is 5.32 Å². The summed E-state index contributed by atoms with van der Waals surface area (Å²) in [4.78, 5) is 11.6. The molecule has 2 aromatic rings. The first-order valence-electron chi connectivity index (χ1n) is 7.44. The van der Waals surface area contributed by atoms with Crippen molar-refractivity contribution in [3.05, 3.63) is 35.5 Å². The van der Waals surface area contributed by atoms with Crippen LogP contribution in [0.25, 0.3) is 16.8 Å². The number of fused-ring (bicyclic) bond motifs is 1. The van der Waals surface area contributed by atoms with E-state index in [1.54, 1.807) is 39.8 Å². The summed E-state index contributed by atoms with van der Waals surface area (Å²) in [6.45, 7) is 6.87. The van der Waals surface area contributed by atoms with Crippen molar-refractivity contribution >= 4 is 22.9 Å². The van der Waals surface area contributed by atoms with E-state index < -0.39 is 11.7 Å². The molecule has 0 radical (unpaired) electrons. The smallest absolute Gasteiger partial charge is 0.411 e. The summed E-state index contributed by atoms with van der Waals surface area (Å²) >= 11 is 0. The quantitative estimate of drug-likeness (QED) is 0.628. The van der Waals surface area contributed by atoms with Crippen LogP contribution < -0.4 is 5.32 Å². The van der Waals surface area contributed by atoms with Gasteiger partial charge in [-0.2, -0.15) is 0 Å². The van der Waals surface area contributed by atoms with E-state index in [0.717, 1.165) is 0 Å². The summed E-state index contributed by atoms with van der Waals surface area (Å²) in [6.07, 6.45) is 2.10. The average molecular weight is 331 g/mol. The Labute approximate surface area is 140 Å². The molecule has 0 aliphatic heterocycles. The van der Waals surface area contributed by atoms with Crippen LogP contribution in [0.5, 0.6) is 17.2 Å². The summed E-state index contributed by atoms with van der Waals surface area (Å²) in [7, 11) is 0. The van der Waals surface area contributed by atoms with Gasteiger partial charge in [-0.1, -0.05) is 12.1 Å². The van der Waals surface area contributed by atoms with Crippen molar-refractivity contribution in [3.8, 4) is 17.2 Å². The fourth-order valence-electron chi connectivity index (χ4n) is 2.33. The number of amides is 1. The Morgan fingerprint density at radius 3 is 2.46 bits per heavy atom. The van der Waals surface area contributed by atoms with Crippen molar-refractivity contribution in [2.24, 2.45) is 0 Å². The number of ether oxygens (including phenoxy) is 1. The topological polar surface area (TPSA) is 99.0 Å². The van der Waals surface area contributed by atoms with Crippen LogP contribution >= 0.6 is 0 Å².